The number of Topliss-reactive ketones (excluding diaryl/α,β-unsaturated/α-hetero) is 1. The summed E-state index contributed by atoms with van der Waals surface area (Å²) in [5, 5.41) is 2.44. The maximum absolute atomic E-state index is 13.0. The number of aromatic nitrogens is 1. The minimum atomic E-state index is -3.69. The number of nitrogens with one attached hydrogen (secondary N) is 1. The Morgan fingerprint density at radius 1 is 1.21 bits per heavy atom. The summed E-state index contributed by atoms with van der Waals surface area (Å²) in [5.41, 5.74) is -0.243. The van der Waals surface area contributed by atoms with E-state index in [1.165, 1.54) is 11.3 Å². The number of hydrogen-bond acceptors (Lipinski definition) is 5. The summed E-state index contributed by atoms with van der Waals surface area (Å²) in [6.07, 6.45) is 2.10. The number of carbonyl (C=O) groups excluding carboxylic acids is 1. The van der Waals surface area contributed by atoms with Gasteiger partial charge in [-0.1, -0.05) is 55.5 Å². The number of benzene rings is 2. The van der Waals surface area contributed by atoms with E-state index in [1.807, 2.05) is 36.4 Å². The van der Waals surface area contributed by atoms with Crippen LogP contribution in [0.1, 0.15) is 33.1 Å². The molecule has 2 atom stereocenters. The third-order valence-corrected chi connectivity index (χ3v) is 9.54. The maximum Gasteiger partial charge on any atom is 0.235 e. The summed E-state index contributed by atoms with van der Waals surface area (Å²) < 4.78 is 29.6. The monoisotopic (exact) mass is 414 g/mol. The van der Waals surface area contributed by atoms with Crippen LogP contribution >= 0.6 is 11.3 Å². The molecule has 5 nitrogen and oxygen atoms in total. The topological polar surface area (TPSA) is 76.1 Å². The summed E-state index contributed by atoms with van der Waals surface area (Å²) in [4.78, 5) is 17.2. The molecule has 7 heteroatoms. The number of fused-ring (bicyclic) bond motifs is 5. The lowest BCUT2D eigenvalue weighted by molar-refractivity contribution is -0.128. The highest BCUT2D eigenvalue weighted by Crippen LogP contribution is 2.64. The summed E-state index contributed by atoms with van der Waals surface area (Å²) in [5.74, 6) is 0.248. The molecular weight excluding hydrogens is 392 g/mol. The quantitative estimate of drug-likeness (QED) is 0.678. The van der Waals surface area contributed by atoms with Gasteiger partial charge in [0, 0.05) is 11.8 Å². The molecule has 0 saturated heterocycles. The fraction of sp³-hybridized carbons (Fsp3) is 0.429. The van der Waals surface area contributed by atoms with Gasteiger partial charge in [-0.3, -0.25) is 9.52 Å². The van der Waals surface area contributed by atoms with Crippen molar-refractivity contribution >= 4 is 53.3 Å². The molecule has 3 aromatic rings. The van der Waals surface area contributed by atoms with Gasteiger partial charge in [0.1, 0.15) is 5.78 Å². The van der Waals surface area contributed by atoms with Gasteiger partial charge in [0.2, 0.25) is 10.0 Å². The third-order valence-electron chi connectivity index (χ3n) is 7.10. The van der Waals surface area contributed by atoms with E-state index >= 15 is 0 Å². The molecule has 2 aromatic carbocycles. The van der Waals surface area contributed by atoms with Gasteiger partial charge in [-0.15, -0.1) is 0 Å². The van der Waals surface area contributed by atoms with E-state index in [-0.39, 0.29) is 17.0 Å². The van der Waals surface area contributed by atoms with Crippen LogP contribution in [0, 0.1) is 16.7 Å². The van der Waals surface area contributed by atoms with Gasteiger partial charge in [0.05, 0.1) is 21.4 Å². The van der Waals surface area contributed by atoms with Crippen molar-refractivity contribution in [1.29, 1.82) is 0 Å². The van der Waals surface area contributed by atoms with Crippen molar-refractivity contribution in [2.24, 2.45) is 16.7 Å². The highest BCUT2D eigenvalue weighted by molar-refractivity contribution is 7.93. The van der Waals surface area contributed by atoms with Crippen molar-refractivity contribution in [3.05, 3.63) is 36.4 Å². The van der Waals surface area contributed by atoms with Crippen LogP contribution < -0.4 is 4.72 Å². The molecule has 2 aliphatic rings. The second-order valence-electron chi connectivity index (χ2n) is 8.68. The molecule has 2 saturated carbocycles. The van der Waals surface area contributed by atoms with Crippen molar-refractivity contribution in [1.82, 2.24) is 4.98 Å². The average molecular weight is 415 g/mol. The van der Waals surface area contributed by atoms with Crippen LogP contribution in [-0.2, 0) is 14.8 Å². The van der Waals surface area contributed by atoms with Gasteiger partial charge in [-0.2, -0.15) is 0 Å². The zero-order chi connectivity index (χ0) is 19.7. The van der Waals surface area contributed by atoms with Crippen LogP contribution in [0.5, 0.6) is 0 Å². The SMILES string of the molecule is CC1(C)C2CCC1(CS(=O)(=O)Nc1nc3c(ccc4ccccc43)s1)C(=O)C2. The van der Waals surface area contributed by atoms with E-state index in [0.717, 1.165) is 27.4 Å². The van der Waals surface area contributed by atoms with Gasteiger partial charge in [0.25, 0.3) is 0 Å². The summed E-state index contributed by atoms with van der Waals surface area (Å²) in [6, 6.07) is 11.9. The molecule has 0 radical (unpaired) electrons. The lowest BCUT2D eigenvalue weighted by atomic mass is 9.70. The van der Waals surface area contributed by atoms with Crippen LogP contribution in [0.15, 0.2) is 36.4 Å². The Labute approximate surface area is 168 Å². The smallest absolute Gasteiger partial charge is 0.235 e. The number of carbonyl (C=O) groups is 1. The van der Waals surface area contributed by atoms with E-state index < -0.39 is 15.4 Å². The molecule has 2 fully saturated rings. The molecule has 0 amide bonds. The fourth-order valence-electron chi connectivity index (χ4n) is 5.31. The second-order valence-corrected chi connectivity index (χ2v) is 11.4. The lowest BCUT2D eigenvalue weighted by Gasteiger charge is -2.35. The van der Waals surface area contributed by atoms with Crippen molar-refractivity contribution in [3.8, 4) is 0 Å². The Hall–Kier alpha value is -1.99. The molecule has 2 aliphatic carbocycles. The Bertz CT molecular complexity index is 1230. The molecule has 146 valence electrons. The predicted molar refractivity (Wildman–Crippen MR) is 113 cm³/mol. The first kappa shape index (κ1) is 18.1. The van der Waals surface area contributed by atoms with E-state index in [9.17, 15) is 13.2 Å². The average Bonchev–Trinajstić information content (AvgIpc) is 3.19. The van der Waals surface area contributed by atoms with Crippen LogP contribution in [0.4, 0.5) is 5.13 Å². The van der Waals surface area contributed by atoms with Crippen molar-refractivity contribution in [2.45, 2.75) is 33.1 Å². The van der Waals surface area contributed by atoms with Crippen molar-refractivity contribution in [3.63, 3.8) is 0 Å². The molecule has 28 heavy (non-hydrogen) atoms. The maximum atomic E-state index is 13.0. The van der Waals surface area contributed by atoms with Crippen molar-refractivity contribution < 1.29 is 13.2 Å². The van der Waals surface area contributed by atoms with Gasteiger partial charge < -0.3 is 0 Å². The summed E-state index contributed by atoms with van der Waals surface area (Å²) in [7, 11) is -3.69. The lowest BCUT2D eigenvalue weighted by Crippen LogP contribution is -2.43. The molecule has 1 N–H and O–H groups in total. The number of nitrogens with zero attached hydrogens (tertiary/aromatic N) is 1. The first-order chi connectivity index (χ1) is 13.2. The fourth-order valence-corrected chi connectivity index (χ4v) is 8.30. The molecule has 0 spiro atoms. The van der Waals surface area contributed by atoms with Gasteiger partial charge in [-0.25, -0.2) is 13.4 Å². The predicted octanol–water partition coefficient (Wildman–Crippen LogP) is 4.59. The molecule has 2 unspecified atom stereocenters. The highest BCUT2D eigenvalue weighted by Gasteiger charge is 2.65. The minimum absolute atomic E-state index is 0.106. The third kappa shape index (κ3) is 2.45. The number of ketones is 1. The molecular formula is C21H22N2O3S2. The Kier molecular flexibility index (Phi) is 3.72. The first-order valence-corrected chi connectivity index (χ1v) is 12.0. The molecule has 1 heterocycles. The van der Waals surface area contributed by atoms with E-state index in [4.69, 9.17) is 0 Å². The summed E-state index contributed by atoms with van der Waals surface area (Å²) >= 11 is 1.33. The van der Waals surface area contributed by atoms with Crippen molar-refractivity contribution in [2.75, 3.05) is 10.5 Å². The largest absolute Gasteiger partial charge is 0.299 e. The molecule has 2 bridgehead atoms. The first-order valence-electron chi connectivity index (χ1n) is 9.54. The minimum Gasteiger partial charge on any atom is -0.299 e. The van der Waals surface area contributed by atoms with Crippen LogP contribution in [0.3, 0.4) is 0 Å². The summed E-state index contributed by atoms with van der Waals surface area (Å²) in [6.45, 7) is 4.10. The Morgan fingerprint density at radius 2 is 2.00 bits per heavy atom. The van der Waals surface area contributed by atoms with Gasteiger partial charge in [-0.05, 0) is 35.6 Å². The number of sulfonamides is 1. The Morgan fingerprint density at radius 3 is 2.71 bits per heavy atom. The zero-order valence-corrected chi connectivity index (χ0v) is 17.5. The van der Waals surface area contributed by atoms with Gasteiger partial charge in [0.15, 0.2) is 5.13 Å². The standard InChI is InChI=1S/C21H22N2O3S2/c1-20(2)14-9-10-21(20,17(24)11-14)12-28(25,26)23-19-22-18-15-6-4-3-5-13(15)7-8-16(18)27-19/h3-8,14H,9-12H2,1-2H3,(H,22,23). The number of hydrogen-bond donors (Lipinski definition) is 1. The zero-order valence-electron chi connectivity index (χ0n) is 15.9. The van der Waals surface area contributed by atoms with Crippen LogP contribution in [0.25, 0.3) is 21.0 Å². The van der Waals surface area contributed by atoms with Gasteiger partial charge >= 0.3 is 0 Å². The van der Waals surface area contributed by atoms with E-state index in [0.29, 0.717) is 23.9 Å². The molecule has 0 aliphatic heterocycles. The highest BCUT2D eigenvalue weighted by atomic mass is 32.2. The second kappa shape index (κ2) is 5.76. The van der Waals surface area contributed by atoms with E-state index in [1.54, 1.807) is 0 Å². The number of anilines is 1. The Balaban J connectivity index is 1.49. The van der Waals surface area contributed by atoms with Crippen LogP contribution in [0.2, 0.25) is 0 Å². The number of thiazole rings is 1. The van der Waals surface area contributed by atoms with E-state index in [2.05, 4.69) is 23.6 Å². The number of rotatable bonds is 4. The molecule has 5 rings (SSSR count). The van der Waals surface area contributed by atoms with Crippen LogP contribution in [-0.4, -0.2) is 24.9 Å². The normalized spacial score (nSPS) is 26.4. The molecule has 1 aromatic heterocycles.